The molecule has 0 spiro atoms. The van der Waals surface area contributed by atoms with Gasteiger partial charge in [0.05, 0.1) is 34.7 Å². The molecule has 0 saturated heterocycles. The molecular weight excluding hydrogens is 835 g/mol. The predicted molar refractivity (Wildman–Crippen MR) is 280 cm³/mol. The van der Waals surface area contributed by atoms with Gasteiger partial charge in [0.1, 0.15) is 0 Å². The first-order valence-electron chi connectivity index (χ1n) is 22.9. The molecule has 1 aliphatic heterocycles. The Labute approximate surface area is 395 Å². The smallest absolute Gasteiger partial charge is 0.0853 e. The topological polar surface area (TPSA) is 58.2 Å². The van der Waals surface area contributed by atoms with Gasteiger partial charge < -0.3 is 15.2 Å². The molecule has 0 radical (unpaired) electrons. The highest BCUT2D eigenvalue weighted by Gasteiger charge is 2.26. The lowest BCUT2D eigenvalue weighted by Gasteiger charge is -2.33. The third-order valence-corrected chi connectivity index (χ3v) is 14.2. The standard InChI is InChI=1S/C61H47N5S/c62-60(45-29-27-43(28-30-45)42-17-6-2-7-18-42)64-61(63-40-41-15-4-1-5-16-41)48-20-14-23-50(37-48)66-53-34-32-46(38-52(53)59-51-24-11-10-19-44(51)31-35-55(59)66)47-33-36-58-56(39-47)65(49-21-8-3-9-22-49)54-25-12-13-26-57(54)67-58/h1-39,60-61,63-64H,40,62H2. The summed E-state index contributed by atoms with van der Waals surface area (Å²) in [5, 5.41) is 12.5. The number of hydrogen-bond acceptors (Lipinski definition) is 5. The van der Waals surface area contributed by atoms with E-state index in [-0.39, 0.29) is 6.17 Å². The molecule has 1 aromatic heterocycles. The molecule has 0 fully saturated rings. The number of hydrogen-bond donors (Lipinski definition) is 3. The van der Waals surface area contributed by atoms with Crippen LogP contribution in [0.3, 0.4) is 0 Å². The largest absolute Gasteiger partial charge is 0.312 e. The predicted octanol–water partition coefficient (Wildman–Crippen LogP) is 15.2. The van der Waals surface area contributed by atoms with Crippen LogP contribution >= 0.6 is 11.8 Å². The van der Waals surface area contributed by atoms with Gasteiger partial charge in [-0.25, -0.2) is 0 Å². The van der Waals surface area contributed by atoms with E-state index >= 15 is 0 Å². The highest BCUT2D eigenvalue weighted by molar-refractivity contribution is 7.99. The van der Waals surface area contributed by atoms with Crippen molar-refractivity contribution in [1.82, 2.24) is 15.2 Å². The van der Waals surface area contributed by atoms with Gasteiger partial charge in [0.15, 0.2) is 0 Å². The van der Waals surface area contributed by atoms with Gasteiger partial charge in [-0.05, 0) is 116 Å². The Balaban J connectivity index is 0.948. The van der Waals surface area contributed by atoms with Crippen LogP contribution in [0.15, 0.2) is 246 Å². The number of anilines is 3. The van der Waals surface area contributed by atoms with E-state index in [1.807, 2.05) is 17.8 Å². The van der Waals surface area contributed by atoms with Gasteiger partial charge in [-0.15, -0.1) is 0 Å². The molecule has 0 bridgehead atoms. The molecule has 5 nitrogen and oxygen atoms in total. The van der Waals surface area contributed by atoms with Crippen molar-refractivity contribution in [3.05, 3.63) is 253 Å². The third kappa shape index (κ3) is 7.76. The average molecular weight is 882 g/mol. The van der Waals surface area contributed by atoms with E-state index in [2.05, 4.69) is 251 Å². The molecule has 0 saturated carbocycles. The fourth-order valence-corrected chi connectivity index (χ4v) is 10.8. The Kier molecular flexibility index (Phi) is 10.7. The molecule has 1 aliphatic rings. The number of nitrogens with zero attached hydrogens (tertiary/aromatic N) is 2. The quantitative estimate of drug-likeness (QED) is 0.113. The molecule has 4 N–H and O–H groups in total. The zero-order chi connectivity index (χ0) is 44.7. The first-order valence-corrected chi connectivity index (χ1v) is 23.7. The van der Waals surface area contributed by atoms with Crippen LogP contribution < -0.4 is 21.3 Å². The zero-order valence-corrected chi connectivity index (χ0v) is 37.6. The van der Waals surface area contributed by atoms with Crippen LogP contribution in [0, 0.1) is 0 Å². The monoisotopic (exact) mass is 881 g/mol. The molecular formula is C61H47N5S. The molecule has 11 aromatic rings. The van der Waals surface area contributed by atoms with Gasteiger partial charge in [0.2, 0.25) is 0 Å². The molecule has 2 heterocycles. The van der Waals surface area contributed by atoms with Gasteiger partial charge in [0, 0.05) is 38.5 Å². The molecule has 0 amide bonds. The van der Waals surface area contributed by atoms with E-state index in [0.29, 0.717) is 6.54 Å². The summed E-state index contributed by atoms with van der Waals surface area (Å²) in [4.78, 5) is 4.89. The number of para-hydroxylation sites is 2. The van der Waals surface area contributed by atoms with Crippen molar-refractivity contribution < 1.29 is 0 Å². The maximum absolute atomic E-state index is 7.02. The summed E-state index contributed by atoms with van der Waals surface area (Å²) in [6, 6.07) is 85.1. The van der Waals surface area contributed by atoms with E-state index in [1.54, 1.807) is 0 Å². The van der Waals surface area contributed by atoms with Gasteiger partial charge in [-0.1, -0.05) is 182 Å². The average Bonchev–Trinajstić information content (AvgIpc) is 3.74. The number of fused-ring (bicyclic) bond motifs is 7. The zero-order valence-electron chi connectivity index (χ0n) is 36.8. The molecule has 2 unspecified atom stereocenters. The van der Waals surface area contributed by atoms with Crippen molar-refractivity contribution in [3.8, 4) is 27.9 Å². The van der Waals surface area contributed by atoms with Crippen LogP contribution in [0.1, 0.15) is 29.0 Å². The summed E-state index contributed by atoms with van der Waals surface area (Å²) < 4.78 is 2.43. The Hall–Kier alpha value is -7.71. The van der Waals surface area contributed by atoms with Gasteiger partial charge >= 0.3 is 0 Å². The molecule has 12 rings (SSSR count). The Bertz CT molecular complexity index is 3550. The lowest BCUT2D eigenvalue weighted by Crippen LogP contribution is -2.39. The van der Waals surface area contributed by atoms with Crippen molar-refractivity contribution in [2.45, 2.75) is 28.7 Å². The summed E-state index contributed by atoms with van der Waals surface area (Å²) in [6.45, 7) is 0.670. The van der Waals surface area contributed by atoms with E-state index in [0.717, 1.165) is 39.1 Å². The van der Waals surface area contributed by atoms with Crippen LogP contribution in [0.2, 0.25) is 0 Å². The van der Waals surface area contributed by atoms with Crippen LogP contribution in [-0.2, 0) is 6.54 Å². The summed E-state index contributed by atoms with van der Waals surface area (Å²) in [6.07, 6.45) is -0.675. The van der Waals surface area contributed by atoms with Crippen molar-refractivity contribution in [2.24, 2.45) is 5.73 Å². The summed E-state index contributed by atoms with van der Waals surface area (Å²) in [7, 11) is 0. The van der Waals surface area contributed by atoms with E-state index < -0.39 is 6.17 Å². The third-order valence-electron chi connectivity index (χ3n) is 13.1. The number of rotatable bonds is 11. The highest BCUT2D eigenvalue weighted by atomic mass is 32.2. The Morgan fingerprint density at radius 3 is 1.93 bits per heavy atom. The minimum atomic E-state index is -0.420. The maximum Gasteiger partial charge on any atom is 0.0853 e. The van der Waals surface area contributed by atoms with E-state index in [1.165, 1.54) is 65.0 Å². The lowest BCUT2D eigenvalue weighted by molar-refractivity contribution is 0.386. The number of benzene rings is 10. The second-order valence-corrected chi connectivity index (χ2v) is 18.3. The molecule has 0 aliphatic carbocycles. The van der Waals surface area contributed by atoms with Crippen molar-refractivity contribution in [3.63, 3.8) is 0 Å². The molecule has 10 aromatic carbocycles. The van der Waals surface area contributed by atoms with E-state index in [9.17, 15) is 0 Å². The minimum Gasteiger partial charge on any atom is -0.312 e. The lowest BCUT2D eigenvalue weighted by atomic mass is 9.99. The summed E-state index contributed by atoms with van der Waals surface area (Å²) in [5.41, 5.74) is 21.9. The normalized spacial score (nSPS) is 13.1. The van der Waals surface area contributed by atoms with Crippen molar-refractivity contribution in [2.75, 3.05) is 4.90 Å². The molecule has 67 heavy (non-hydrogen) atoms. The van der Waals surface area contributed by atoms with Crippen molar-refractivity contribution in [1.29, 1.82) is 0 Å². The molecule has 2 atom stereocenters. The summed E-state index contributed by atoms with van der Waals surface area (Å²) in [5.74, 6) is 0. The van der Waals surface area contributed by atoms with Crippen LogP contribution in [-0.4, -0.2) is 4.57 Å². The summed E-state index contributed by atoms with van der Waals surface area (Å²) >= 11 is 1.84. The highest BCUT2D eigenvalue weighted by Crippen LogP contribution is 2.52. The van der Waals surface area contributed by atoms with Crippen molar-refractivity contribution >= 4 is 61.4 Å². The fraction of sp³-hybridized carbons (Fsp3) is 0.0492. The second-order valence-electron chi connectivity index (χ2n) is 17.2. The van der Waals surface area contributed by atoms with Crippen LogP contribution in [0.5, 0.6) is 0 Å². The van der Waals surface area contributed by atoms with Gasteiger partial charge in [0.25, 0.3) is 0 Å². The maximum atomic E-state index is 7.02. The SMILES string of the molecule is NC(NC(NCc1ccccc1)c1cccc(-n2c3ccc(-c4ccc5c(c4)N(c4ccccc4)c4ccccc4S5)cc3c3c4ccccc4ccc32)c1)c1ccc(-c2ccccc2)cc1. The Morgan fingerprint density at radius 1 is 0.448 bits per heavy atom. The Morgan fingerprint density at radius 2 is 1.09 bits per heavy atom. The number of nitrogens with two attached hydrogens (primary N) is 1. The fourth-order valence-electron chi connectivity index (χ4n) is 9.76. The van der Waals surface area contributed by atoms with Gasteiger partial charge in [-0.3, -0.25) is 10.6 Å². The first-order chi connectivity index (χ1) is 33.1. The van der Waals surface area contributed by atoms with Crippen LogP contribution in [0.4, 0.5) is 17.1 Å². The van der Waals surface area contributed by atoms with Gasteiger partial charge in [-0.2, -0.15) is 0 Å². The minimum absolute atomic E-state index is 0.255. The number of aromatic nitrogens is 1. The second kappa shape index (κ2) is 17.6. The number of nitrogens with one attached hydrogen (secondary N) is 2. The van der Waals surface area contributed by atoms with Crippen LogP contribution in [0.25, 0.3) is 60.5 Å². The first kappa shape index (κ1) is 40.8. The molecule has 322 valence electrons. The van der Waals surface area contributed by atoms with E-state index in [4.69, 9.17) is 5.73 Å². The molecule has 6 heteroatoms.